The number of carboxylic acids is 1. The number of benzene rings is 2. The molecule has 1 fully saturated rings. The number of aryl methyl sites for hydroxylation is 1. The third kappa shape index (κ3) is 6.71. The lowest BCUT2D eigenvalue weighted by molar-refractivity contribution is -0.122. The fourth-order valence-corrected chi connectivity index (χ4v) is 4.99. The third-order valence-electron chi connectivity index (χ3n) is 5.72. The van der Waals surface area contributed by atoms with E-state index in [1.807, 2.05) is 4.90 Å². The van der Waals surface area contributed by atoms with Crippen molar-refractivity contribution < 1.29 is 23.1 Å². The second kappa shape index (κ2) is 11.3. The van der Waals surface area contributed by atoms with Crippen molar-refractivity contribution in [3.63, 3.8) is 0 Å². The number of piperazine rings is 1. The maximum atomic E-state index is 13.0. The lowest BCUT2D eigenvalue weighted by Crippen LogP contribution is -2.49. The predicted octanol–water partition coefficient (Wildman–Crippen LogP) is 2.53. The van der Waals surface area contributed by atoms with E-state index in [4.69, 9.17) is 0 Å². The van der Waals surface area contributed by atoms with Crippen LogP contribution in [0.2, 0.25) is 0 Å². The summed E-state index contributed by atoms with van der Waals surface area (Å²) >= 11 is 0. The number of unbranched alkanes of at least 4 members (excludes halogenated alkanes) is 1. The number of carboxylic acid groups (broad SMARTS) is 1. The van der Waals surface area contributed by atoms with Gasteiger partial charge < -0.3 is 15.3 Å². The molecule has 0 saturated carbocycles. The van der Waals surface area contributed by atoms with Crippen LogP contribution in [-0.2, 0) is 14.8 Å². The minimum Gasteiger partial charge on any atom is -0.478 e. The van der Waals surface area contributed by atoms with Crippen molar-refractivity contribution in [2.24, 2.45) is 0 Å². The summed E-state index contributed by atoms with van der Waals surface area (Å²) in [6.07, 6.45) is 1.97. The van der Waals surface area contributed by atoms with Gasteiger partial charge in [0.15, 0.2) is 0 Å². The van der Waals surface area contributed by atoms with Gasteiger partial charge in [-0.25, -0.2) is 13.2 Å². The van der Waals surface area contributed by atoms with Crippen molar-refractivity contribution in [2.45, 2.75) is 31.6 Å². The molecule has 10 heteroatoms. The van der Waals surface area contributed by atoms with Gasteiger partial charge in [-0.2, -0.15) is 0 Å². The Labute approximate surface area is 200 Å². The van der Waals surface area contributed by atoms with Crippen molar-refractivity contribution in [1.82, 2.24) is 10.2 Å². The number of carbonyl (C=O) groups excluding carboxylic acids is 1. The zero-order valence-electron chi connectivity index (χ0n) is 19.6. The lowest BCUT2D eigenvalue weighted by atomic mass is 10.1. The van der Waals surface area contributed by atoms with E-state index in [9.17, 15) is 23.1 Å². The summed E-state index contributed by atoms with van der Waals surface area (Å²) in [5, 5.41) is 12.3. The first-order valence-electron chi connectivity index (χ1n) is 11.4. The first-order valence-corrected chi connectivity index (χ1v) is 12.9. The van der Waals surface area contributed by atoms with E-state index in [2.05, 4.69) is 21.9 Å². The second-order valence-electron chi connectivity index (χ2n) is 8.43. The standard InChI is InChI=1S/C24H32N4O5S/c1-3-4-10-25-23(29)17-27-11-13-28(14-12-27)22-9-8-19(24(30)31)16-21(22)26-34(32,33)20-7-5-6-18(2)15-20/h5-9,15-16,26H,3-4,10-14,17H2,1-2H3,(H,25,29)(H,30,31). The Morgan fingerprint density at radius 1 is 1.06 bits per heavy atom. The number of hydrogen-bond acceptors (Lipinski definition) is 6. The molecule has 3 rings (SSSR count). The summed E-state index contributed by atoms with van der Waals surface area (Å²) in [5.74, 6) is -1.14. The molecule has 1 amide bonds. The quantitative estimate of drug-likeness (QED) is 0.440. The average molecular weight is 489 g/mol. The molecule has 2 aromatic carbocycles. The van der Waals surface area contributed by atoms with Crippen LogP contribution in [0, 0.1) is 6.92 Å². The van der Waals surface area contributed by atoms with Crippen LogP contribution < -0.4 is 14.9 Å². The molecule has 1 aliphatic heterocycles. The van der Waals surface area contributed by atoms with E-state index < -0.39 is 16.0 Å². The molecule has 0 unspecified atom stereocenters. The van der Waals surface area contributed by atoms with Crippen molar-refractivity contribution in [1.29, 1.82) is 0 Å². The number of rotatable bonds is 10. The lowest BCUT2D eigenvalue weighted by Gasteiger charge is -2.36. The minimum absolute atomic E-state index is 0.000634. The van der Waals surface area contributed by atoms with Crippen molar-refractivity contribution >= 4 is 33.3 Å². The Kier molecular flexibility index (Phi) is 8.51. The van der Waals surface area contributed by atoms with Gasteiger partial charge in [0.1, 0.15) is 0 Å². The molecule has 34 heavy (non-hydrogen) atoms. The van der Waals surface area contributed by atoms with Crippen LogP contribution >= 0.6 is 0 Å². The van der Waals surface area contributed by atoms with Crippen LogP contribution in [0.15, 0.2) is 47.4 Å². The van der Waals surface area contributed by atoms with Crippen LogP contribution in [0.1, 0.15) is 35.7 Å². The average Bonchev–Trinajstić information content (AvgIpc) is 2.79. The smallest absolute Gasteiger partial charge is 0.335 e. The summed E-state index contributed by atoms with van der Waals surface area (Å²) in [7, 11) is -3.91. The fourth-order valence-electron chi connectivity index (χ4n) is 3.82. The molecule has 3 N–H and O–H groups in total. The van der Waals surface area contributed by atoms with Crippen LogP contribution in [0.5, 0.6) is 0 Å². The van der Waals surface area contributed by atoms with Gasteiger partial charge >= 0.3 is 5.97 Å². The largest absolute Gasteiger partial charge is 0.478 e. The molecule has 0 radical (unpaired) electrons. The monoisotopic (exact) mass is 488 g/mol. The summed E-state index contributed by atoms with van der Waals surface area (Å²) in [4.78, 5) is 27.8. The maximum absolute atomic E-state index is 13.0. The van der Waals surface area contributed by atoms with Gasteiger partial charge in [-0.05, 0) is 49.2 Å². The number of nitrogens with one attached hydrogen (secondary N) is 2. The molecular formula is C24H32N4O5S. The molecular weight excluding hydrogens is 456 g/mol. The number of carbonyl (C=O) groups is 2. The number of aromatic carboxylic acids is 1. The van der Waals surface area contributed by atoms with Gasteiger partial charge in [0, 0.05) is 32.7 Å². The Morgan fingerprint density at radius 2 is 1.79 bits per heavy atom. The maximum Gasteiger partial charge on any atom is 0.335 e. The zero-order chi connectivity index (χ0) is 24.7. The SMILES string of the molecule is CCCCNC(=O)CN1CCN(c2ccc(C(=O)O)cc2NS(=O)(=O)c2cccc(C)c2)CC1. The van der Waals surface area contributed by atoms with Gasteiger partial charge in [-0.3, -0.25) is 14.4 Å². The van der Waals surface area contributed by atoms with E-state index in [-0.39, 0.29) is 22.1 Å². The molecule has 0 atom stereocenters. The molecule has 0 bridgehead atoms. The summed E-state index contributed by atoms with van der Waals surface area (Å²) in [5.41, 5.74) is 1.62. The van der Waals surface area contributed by atoms with E-state index in [0.717, 1.165) is 18.4 Å². The van der Waals surface area contributed by atoms with Crippen molar-refractivity contribution in [2.75, 3.05) is 48.9 Å². The van der Waals surface area contributed by atoms with Crippen molar-refractivity contribution in [3.8, 4) is 0 Å². The van der Waals surface area contributed by atoms with E-state index in [1.165, 1.54) is 18.2 Å². The van der Waals surface area contributed by atoms with Gasteiger partial charge in [-0.15, -0.1) is 0 Å². The number of sulfonamides is 1. The van der Waals surface area contributed by atoms with Crippen LogP contribution in [0.3, 0.4) is 0 Å². The van der Waals surface area contributed by atoms with E-state index >= 15 is 0 Å². The highest BCUT2D eigenvalue weighted by molar-refractivity contribution is 7.92. The molecule has 184 valence electrons. The normalized spacial score (nSPS) is 14.6. The Hall–Kier alpha value is -3.11. The highest BCUT2D eigenvalue weighted by Crippen LogP contribution is 2.30. The molecule has 1 saturated heterocycles. The first-order chi connectivity index (χ1) is 16.2. The Bertz CT molecular complexity index is 1130. The number of anilines is 2. The molecule has 0 aromatic heterocycles. The summed E-state index contributed by atoms with van der Waals surface area (Å²) in [6.45, 7) is 7.29. The molecule has 2 aromatic rings. The Balaban J connectivity index is 1.75. The molecule has 9 nitrogen and oxygen atoms in total. The molecule has 1 heterocycles. The molecule has 0 aliphatic carbocycles. The topological polar surface area (TPSA) is 119 Å². The zero-order valence-corrected chi connectivity index (χ0v) is 20.4. The van der Waals surface area contributed by atoms with Crippen LogP contribution in [-0.4, -0.2) is 69.6 Å². The molecule has 0 spiro atoms. The Morgan fingerprint density at radius 3 is 2.44 bits per heavy atom. The van der Waals surface area contributed by atoms with Gasteiger partial charge in [0.25, 0.3) is 10.0 Å². The summed E-state index contributed by atoms with van der Waals surface area (Å²) < 4.78 is 28.6. The number of amides is 1. The highest BCUT2D eigenvalue weighted by Gasteiger charge is 2.24. The second-order valence-corrected chi connectivity index (χ2v) is 10.1. The number of hydrogen-bond donors (Lipinski definition) is 3. The van der Waals surface area contributed by atoms with Crippen LogP contribution in [0.4, 0.5) is 11.4 Å². The molecule has 1 aliphatic rings. The first kappa shape index (κ1) is 25.5. The van der Waals surface area contributed by atoms with E-state index in [1.54, 1.807) is 31.2 Å². The fraction of sp³-hybridized carbons (Fsp3) is 0.417. The van der Waals surface area contributed by atoms with Crippen molar-refractivity contribution in [3.05, 3.63) is 53.6 Å². The highest BCUT2D eigenvalue weighted by atomic mass is 32.2. The third-order valence-corrected chi connectivity index (χ3v) is 7.08. The number of nitrogens with zero attached hydrogens (tertiary/aromatic N) is 2. The minimum atomic E-state index is -3.91. The summed E-state index contributed by atoms with van der Waals surface area (Å²) in [6, 6.07) is 11.0. The van der Waals surface area contributed by atoms with Gasteiger partial charge in [0.2, 0.25) is 5.91 Å². The van der Waals surface area contributed by atoms with Gasteiger partial charge in [-0.1, -0.05) is 25.5 Å². The van der Waals surface area contributed by atoms with Crippen LogP contribution in [0.25, 0.3) is 0 Å². The predicted molar refractivity (Wildman–Crippen MR) is 132 cm³/mol. The van der Waals surface area contributed by atoms with Gasteiger partial charge in [0.05, 0.1) is 28.4 Å². The van der Waals surface area contributed by atoms with E-state index in [0.29, 0.717) is 45.0 Å².